The van der Waals surface area contributed by atoms with Gasteiger partial charge in [0.15, 0.2) is 5.78 Å². The Morgan fingerprint density at radius 3 is 2.63 bits per heavy atom. The van der Waals surface area contributed by atoms with Crippen LogP contribution in [-0.2, 0) is 4.74 Å². The molecule has 0 radical (unpaired) electrons. The Bertz CT molecular complexity index is 1020. The Kier molecular flexibility index (Phi) is 6.50. The number of ketones is 1. The lowest BCUT2D eigenvalue weighted by molar-refractivity contribution is 0.0813. The lowest BCUT2D eigenvalue weighted by atomic mass is 9.89. The van der Waals surface area contributed by atoms with Gasteiger partial charge in [-0.1, -0.05) is 40.2 Å². The highest BCUT2D eigenvalue weighted by molar-refractivity contribution is 9.10. The maximum atomic E-state index is 12.7. The van der Waals surface area contributed by atoms with E-state index in [2.05, 4.69) is 31.1 Å². The van der Waals surface area contributed by atoms with Gasteiger partial charge in [-0.05, 0) is 50.2 Å². The summed E-state index contributed by atoms with van der Waals surface area (Å²) in [5, 5.41) is 3.83. The van der Waals surface area contributed by atoms with Gasteiger partial charge in [0.2, 0.25) is 0 Å². The summed E-state index contributed by atoms with van der Waals surface area (Å²) in [5.74, 6) is 0.282. The molecule has 30 heavy (non-hydrogen) atoms. The topological polar surface area (TPSA) is 74.4 Å². The number of halogens is 1. The molecule has 0 atom stereocenters. The molecule has 3 aromatic rings. The molecule has 2 N–H and O–H groups in total. The van der Waals surface area contributed by atoms with Gasteiger partial charge in [-0.2, -0.15) is 0 Å². The number of hydrogen-bond donors (Lipinski definition) is 2. The zero-order chi connectivity index (χ0) is 20.9. The average molecular weight is 470 g/mol. The predicted molar refractivity (Wildman–Crippen MR) is 121 cm³/mol. The van der Waals surface area contributed by atoms with Crippen LogP contribution < -0.4 is 5.32 Å². The summed E-state index contributed by atoms with van der Waals surface area (Å²) in [5.41, 5.74) is 2.36. The number of anilines is 1. The summed E-state index contributed by atoms with van der Waals surface area (Å²) in [6, 6.07) is 15.2. The monoisotopic (exact) mass is 469 g/mol. The van der Waals surface area contributed by atoms with Crippen molar-refractivity contribution in [3.8, 4) is 0 Å². The minimum atomic E-state index is -0.461. The predicted octanol–water partition coefficient (Wildman–Crippen LogP) is 5.07. The number of Topliss-reactive ketones (excluding diaryl/α,β-unsaturated/α-hetero) is 1. The second-order valence-electron chi connectivity index (χ2n) is 7.50. The van der Waals surface area contributed by atoms with E-state index in [-0.39, 0.29) is 11.7 Å². The molecule has 6 nitrogen and oxygen atoms in total. The number of carbonyl (C=O) groups is 2. The van der Waals surface area contributed by atoms with E-state index < -0.39 is 6.09 Å². The molecule has 4 rings (SSSR count). The summed E-state index contributed by atoms with van der Waals surface area (Å²) in [7, 11) is 0. The Morgan fingerprint density at radius 2 is 1.87 bits per heavy atom. The van der Waals surface area contributed by atoms with Crippen molar-refractivity contribution in [3.63, 3.8) is 0 Å². The lowest BCUT2D eigenvalue weighted by Crippen LogP contribution is -2.38. The first kappa shape index (κ1) is 20.6. The molecule has 2 aromatic carbocycles. The summed E-state index contributed by atoms with van der Waals surface area (Å²) < 4.78 is 6.33. The number of likely N-dealkylation sites (tertiary alicyclic amines) is 1. The van der Waals surface area contributed by atoms with Crippen molar-refractivity contribution in [3.05, 3.63) is 64.8 Å². The summed E-state index contributed by atoms with van der Waals surface area (Å²) in [6.45, 7) is 2.65. The quantitative estimate of drug-likeness (QED) is 0.494. The SMILES string of the molecule is O=C(Nc1cccc2cc[nH]c12)OCCN1CCC(C(=O)c2ccc(Br)cc2)CC1. The maximum Gasteiger partial charge on any atom is 0.411 e. The fourth-order valence-corrected chi connectivity index (χ4v) is 4.14. The number of rotatable bonds is 6. The largest absolute Gasteiger partial charge is 0.448 e. The number of nitrogens with one attached hydrogen (secondary N) is 2. The highest BCUT2D eigenvalue weighted by Gasteiger charge is 2.25. The van der Waals surface area contributed by atoms with Crippen molar-refractivity contribution in [2.75, 3.05) is 31.6 Å². The molecule has 1 aliphatic heterocycles. The molecule has 156 valence electrons. The molecule has 1 saturated heterocycles. The zero-order valence-corrected chi connectivity index (χ0v) is 18.2. The number of amides is 1. The zero-order valence-electron chi connectivity index (χ0n) is 16.6. The van der Waals surface area contributed by atoms with Crippen LogP contribution in [0.25, 0.3) is 10.9 Å². The van der Waals surface area contributed by atoms with Gasteiger partial charge >= 0.3 is 6.09 Å². The number of aromatic nitrogens is 1. The molecule has 7 heteroatoms. The molecule has 0 aliphatic carbocycles. The number of ether oxygens (including phenoxy) is 1. The fourth-order valence-electron chi connectivity index (χ4n) is 3.87. The van der Waals surface area contributed by atoms with Crippen LogP contribution in [0.15, 0.2) is 59.2 Å². The average Bonchev–Trinajstić information content (AvgIpc) is 3.24. The van der Waals surface area contributed by atoms with Gasteiger partial charge in [0.25, 0.3) is 0 Å². The Labute approximate surface area is 183 Å². The van der Waals surface area contributed by atoms with Gasteiger partial charge < -0.3 is 9.72 Å². The molecule has 1 aromatic heterocycles. The normalized spacial score (nSPS) is 15.2. The van der Waals surface area contributed by atoms with E-state index in [9.17, 15) is 9.59 Å². The van der Waals surface area contributed by atoms with E-state index in [1.54, 1.807) is 0 Å². The van der Waals surface area contributed by atoms with Gasteiger partial charge in [-0.3, -0.25) is 15.0 Å². The van der Waals surface area contributed by atoms with Gasteiger partial charge in [0, 0.05) is 34.1 Å². The number of nitrogens with zero attached hydrogens (tertiary/aromatic N) is 1. The van der Waals surface area contributed by atoms with Gasteiger partial charge in [-0.15, -0.1) is 0 Å². The molecule has 2 heterocycles. The van der Waals surface area contributed by atoms with Crippen molar-refractivity contribution in [1.29, 1.82) is 0 Å². The Morgan fingerprint density at radius 1 is 1.10 bits per heavy atom. The standard InChI is InChI=1S/C23H24BrN3O3/c24-19-6-4-17(5-7-19)22(28)18-9-12-27(13-10-18)14-15-30-23(29)26-20-3-1-2-16-8-11-25-21(16)20/h1-8,11,18,25H,9-10,12-15H2,(H,26,29). The molecule has 1 aliphatic rings. The fraction of sp³-hybridized carbons (Fsp3) is 0.304. The molecule has 0 unspecified atom stereocenters. The van der Waals surface area contributed by atoms with E-state index in [1.165, 1.54) is 0 Å². The molecule has 0 bridgehead atoms. The second kappa shape index (κ2) is 9.45. The van der Waals surface area contributed by atoms with Crippen molar-refractivity contribution >= 4 is 44.4 Å². The number of fused-ring (bicyclic) bond motifs is 1. The van der Waals surface area contributed by atoms with Crippen LogP contribution in [0.5, 0.6) is 0 Å². The Hall–Kier alpha value is -2.64. The molecule has 1 fully saturated rings. The molecule has 0 saturated carbocycles. The van der Waals surface area contributed by atoms with Crippen molar-refractivity contribution < 1.29 is 14.3 Å². The number of hydrogen-bond acceptors (Lipinski definition) is 4. The Balaban J connectivity index is 1.19. The third-order valence-electron chi connectivity index (χ3n) is 5.55. The number of aromatic amines is 1. The first-order valence-electron chi connectivity index (χ1n) is 10.1. The summed E-state index contributed by atoms with van der Waals surface area (Å²) in [4.78, 5) is 30.1. The molecular weight excluding hydrogens is 446 g/mol. The van der Waals surface area contributed by atoms with E-state index in [0.717, 1.165) is 46.9 Å². The number of carbonyl (C=O) groups excluding carboxylic acids is 2. The van der Waals surface area contributed by atoms with Crippen LogP contribution in [0, 0.1) is 5.92 Å². The van der Waals surface area contributed by atoms with Crippen molar-refractivity contribution in [2.45, 2.75) is 12.8 Å². The highest BCUT2D eigenvalue weighted by atomic mass is 79.9. The minimum Gasteiger partial charge on any atom is -0.448 e. The lowest BCUT2D eigenvalue weighted by Gasteiger charge is -2.31. The van der Waals surface area contributed by atoms with Crippen LogP contribution in [-0.4, -0.2) is 48.0 Å². The van der Waals surface area contributed by atoms with Crippen LogP contribution in [0.2, 0.25) is 0 Å². The summed E-state index contributed by atoms with van der Waals surface area (Å²) >= 11 is 3.40. The van der Waals surface area contributed by atoms with Crippen LogP contribution in [0.1, 0.15) is 23.2 Å². The number of benzene rings is 2. The van der Waals surface area contributed by atoms with E-state index >= 15 is 0 Å². The van der Waals surface area contributed by atoms with Crippen LogP contribution in [0.4, 0.5) is 10.5 Å². The van der Waals surface area contributed by atoms with Gasteiger partial charge in [0.05, 0.1) is 11.2 Å². The van der Waals surface area contributed by atoms with Crippen molar-refractivity contribution in [2.24, 2.45) is 5.92 Å². The smallest absolute Gasteiger partial charge is 0.411 e. The summed E-state index contributed by atoms with van der Waals surface area (Å²) in [6.07, 6.45) is 3.04. The van der Waals surface area contributed by atoms with Crippen molar-refractivity contribution in [1.82, 2.24) is 9.88 Å². The maximum absolute atomic E-state index is 12.7. The third kappa shape index (κ3) is 4.91. The first-order chi connectivity index (χ1) is 14.6. The van der Waals surface area contributed by atoms with Gasteiger partial charge in [-0.25, -0.2) is 4.79 Å². The number of piperidine rings is 1. The molecule has 0 spiro atoms. The molecule has 1 amide bonds. The highest BCUT2D eigenvalue weighted by Crippen LogP contribution is 2.23. The van der Waals surface area contributed by atoms with E-state index in [1.807, 2.05) is 54.7 Å². The van der Waals surface area contributed by atoms with Gasteiger partial charge in [0.1, 0.15) is 6.61 Å². The first-order valence-corrected chi connectivity index (χ1v) is 10.9. The molecular formula is C23H24BrN3O3. The van der Waals surface area contributed by atoms with E-state index in [0.29, 0.717) is 18.8 Å². The van der Waals surface area contributed by atoms with Crippen LogP contribution in [0.3, 0.4) is 0 Å². The second-order valence-corrected chi connectivity index (χ2v) is 8.41. The minimum absolute atomic E-state index is 0.0629. The number of H-pyrrole nitrogens is 1. The van der Waals surface area contributed by atoms with E-state index in [4.69, 9.17) is 4.74 Å². The van der Waals surface area contributed by atoms with Crippen LogP contribution >= 0.6 is 15.9 Å². The third-order valence-corrected chi connectivity index (χ3v) is 6.08. The number of para-hydroxylation sites is 1.